The van der Waals surface area contributed by atoms with Crippen LogP contribution in [0.5, 0.6) is 5.75 Å². The van der Waals surface area contributed by atoms with Gasteiger partial charge in [-0.3, -0.25) is 9.59 Å². The summed E-state index contributed by atoms with van der Waals surface area (Å²) in [6.07, 6.45) is 2.52. The van der Waals surface area contributed by atoms with Crippen LogP contribution >= 0.6 is 11.6 Å². The Balaban J connectivity index is 1.76. The van der Waals surface area contributed by atoms with E-state index >= 15 is 0 Å². The Morgan fingerprint density at radius 3 is 2.85 bits per heavy atom. The highest BCUT2D eigenvalue weighted by Crippen LogP contribution is 2.31. The van der Waals surface area contributed by atoms with Crippen molar-refractivity contribution in [1.29, 1.82) is 0 Å². The minimum absolute atomic E-state index is 0.121. The van der Waals surface area contributed by atoms with Crippen LogP contribution in [-0.4, -0.2) is 17.6 Å². The number of anilines is 1. The van der Waals surface area contributed by atoms with Gasteiger partial charge in [-0.15, -0.1) is 0 Å². The molecule has 0 aliphatic carbocycles. The summed E-state index contributed by atoms with van der Waals surface area (Å²) in [7, 11) is 1.52. The minimum atomic E-state index is -0.452. The van der Waals surface area contributed by atoms with E-state index in [2.05, 4.69) is 12.2 Å². The lowest BCUT2D eigenvalue weighted by Gasteiger charge is -2.13. The van der Waals surface area contributed by atoms with Gasteiger partial charge in [0.05, 0.1) is 17.6 Å². The van der Waals surface area contributed by atoms with Crippen LogP contribution in [0.1, 0.15) is 28.9 Å². The molecule has 132 valence electrons. The van der Waals surface area contributed by atoms with E-state index in [0.717, 1.165) is 17.5 Å². The van der Waals surface area contributed by atoms with Gasteiger partial charge >= 0.3 is 0 Å². The highest BCUT2D eigenvalue weighted by atomic mass is 35.5. The lowest BCUT2D eigenvalue weighted by Crippen LogP contribution is -2.23. The lowest BCUT2D eigenvalue weighted by molar-refractivity contribution is 0.102. The molecule has 4 rings (SSSR count). The van der Waals surface area contributed by atoms with E-state index < -0.39 is 5.91 Å². The molecular formula is C20H17ClN2O3. The van der Waals surface area contributed by atoms with Crippen molar-refractivity contribution in [2.45, 2.75) is 19.4 Å². The van der Waals surface area contributed by atoms with Crippen LogP contribution in [-0.2, 0) is 6.42 Å². The van der Waals surface area contributed by atoms with Gasteiger partial charge in [-0.25, -0.2) is 0 Å². The van der Waals surface area contributed by atoms with Crippen LogP contribution in [0.2, 0.25) is 5.02 Å². The molecule has 26 heavy (non-hydrogen) atoms. The number of para-hydroxylation sites is 1. The maximum absolute atomic E-state index is 12.8. The van der Waals surface area contributed by atoms with Gasteiger partial charge in [0.1, 0.15) is 11.3 Å². The van der Waals surface area contributed by atoms with Crippen LogP contribution in [0.4, 0.5) is 5.69 Å². The van der Waals surface area contributed by atoms with Crippen molar-refractivity contribution in [2.24, 2.45) is 0 Å². The van der Waals surface area contributed by atoms with E-state index in [1.165, 1.54) is 7.11 Å². The first-order chi connectivity index (χ1) is 12.5. The number of carbonyl (C=O) groups is 1. The third-order valence-electron chi connectivity index (χ3n) is 4.78. The Bertz CT molecular complexity index is 1100. The maximum Gasteiger partial charge on any atom is 0.261 e. The zero-order valence-corrected chi connectivity index (χ0v) is 15.1. The van der Waals surface area contributed by atoms with Crippen LogP contribution in [0.25, 0.3) is 10.9 Å². The summed E-state index contributed by atoms with van der Waals surface area (Å²) in [5, 5.41) is 3.71. The molecule has 1 unspecified atom stereocenters. The minimum Gasteiger partial charge on any atom is -0.495 e. The number of ether oxygens (including phenoxy) is 1. The van der Waals surface area contributed by atoms with Crippen LogP contribution < -0.4 is 15.5 Å². The van der Waals surface area contributed by atoms with E-state index in [4.69, 9.17) is 16.3 Å². The topological polar surface area (TPSA) is 60.3 Å². The highest BCUT2D eigenvalue weighted by molar-refractivity contribution is 6.32. The number of hydrogen-bond donors (Lipinski definition) is 1. The summed E-state index contributed by atoms with van der Waals surface area (Å²) in [5.41, 5.74) is 2.43. The molecule has 1 aliphatic heterocycles. The largest absolute Gasteiger partial charge is 0.495 e. The second-order valence-corrected chi connectivity index (χ2v) is 6.86. The van der Waals surface area contributed by atoms with E-state index in [0.29, 0.717) is 21.8 Å². The maximum atomic E-state index is 12.8. The van der Waals surface area contributed by atoms with Crippen molar-refractivity contribution in [3.63, 3.8) is 0 Å². The number of rotatable bonds is 3. The SMILES string of the molecule is COc1ccc(NC(=O)c2cn3c4c(cccc4c2=O)CC3C)cc1Cl. The molecule has 6 heteroatoms. The molecule has 1 N–H and O–H groups in total. The molecular weight excluding hydrogens is 352 g/mol. The molecule has 0 bridgehead atoms. The van der Waals surface area contributed by atoms with Crippen LogP contribution in [0.15, 0.2) is 47.4 Å². The molecule has 1 amide bonds. The molecule has 5 nitrogen and oxygen atoms in total. The predicted molar refractivity (Wildman–Crippen MR) is 103 cm³/mol. The van der Waals surface area contributed by atoms with Gasteiger partial charge in [0.25, 0.3) is 5.91 Å². The fraction of sp³-hybridized carbons (Fsp3) is 0.200. The summed E-state index contributed by atoms with van der Waals surface area (Å²) < 4.78 is 7.12. The second-order valence-electron chi connectivity index (χ2n) is 6.45. The van der Waals surface area contributed by atoms with Gasteiger partial charge in [-0.1, -0.05) is 23.7 Å². The van der Waals surface area contributed by atoms with Gasteiger partial charge in [0.15, 0.2) is 0 Å². The Morgan fingerprint density at radius 2 is 2.12 bits per heavy atom. The Kier molecular flexibility index (Phi) is 3.96. The molecule has 3 aromatic rings. The summed E-state index contributed by atoms with van der Waals surface area (Å²) in [6, 6.07) is 10.8. The number of methoxy groups -OCH3 is 1. The fourth-order valence-electron chi connectivity index (χ4n) is 3.52. The number of hydrogen-bond acceptors (Lipinski definition) is 3. The number of nitrogens with zero attached hydrogens (tertiary/aromatic N) is 1. The van der Waals surface area contributed by atoms with Crippen molar-refractivity contribution in [3.05, 3.63) is 69.0 Å². The van der Waals surface area contributed by atoms with Gasteiger partial charge in [0.2, 0.25) is 5.43 Å². The van der Waals surface area contributed by atoms with Gasteiger partial charge in [-0.2, -0.15) is 0 Å². The first-order valence-corrected chi connectivity index (χ1v) is 8.69. The number of benzene rings is 2. The predicted octanol–water partition coefficient (Wildman–Crippen LogP) is 4.03. The van der Waals surface area contributed by atoms with Crippen LogP contribution in [0, 0.1) is 0 Å². The smallest absolute Gasteiger partial charge is 0.261 e. The van der Waals surface area contributed by atoms with Crippen molar-refractivity contribution >= 4 is 34.1 Å². The third kappa shape index (κ3) is 2.56. The highest BCUT2D eigenvalue weighted by Gasteiger charge is 2.24. The average molecular weight is 369 g/mol. The molecule has 2 aromatic carbocycles. The molecule has 1 aromatic heterocycles. The van der Waals surface area contributed by atoms with Crippen molar-refractivity contribution in [2.75, 3.05) is 12.4 Å². The fourth-order valence-corrected chi connectivity index (χ4v) is 3.78. The quantitative estimate of drug-likeness (QED) is 0.759. The van der Waals surface area contributed by atoms with Gasteiger partial charge in [0, 0.05) is 23.3 Å². The first kappa shape index (κ1) is 16.7. The third-order valence-corrected chi connectivity index (χ3v) is 5.08. The zero-order chi connectivity index (χ0) is 18.4. The van der Waals surface area contributed by atoms with E-state index in [1.54, 1.807) is 30.5 Å². The summed E-state index contributed by atoms with van der Waals surface area (Å²) in [5.74, 6) is 0.0661. The molecule has 1 aliphatic rings. The number of pyridine rings is 1. The summed E-state index contributed by atoms with van der Waals surface area (Å²) >= 11 is 6.10. The average Bonchev–Trinajstić information content (AvgIpc) is 2.94. The molecule has 0 spiro atoms. The second kappa shape index (κ2) is 6.18. The summed E-state index contributed by atoms with van der Waals surface area (Å²) in [6.45, 7) is 2.08. The van der Waals surface area contributed by atoms with E-state index in [-0.39, 0.29) is 17.0 Å². The van der Waals surface area contributed by atoms with Crippen LogP contribution in [0.3, 0.4) is 0 Å². The lowest BCUT2D eigenvalue weighted by atomic mass is 10.1. The number of carbonyl (C=O) groups excluding carboxylic acids is 1. The zero-order valence-electron chi connectivity index (χ0n) is 14.4. The normalized spacial score (nSPS) is 15.3. The Labute approximate surface area is 155 Å². The molecule has 2 heterocycles. The number of aromatic nitrogens is 1. The van der Waals surface area contributed by atoms with E-state index in [9.17, 15) is 9.59 Å². The number of nitrogens with one attached hydrogen (secondary N) is 1. The standard InChI is InChI=1S/C20H17ClN2O3/c1-11-8-12-4-3-5-14-18(12)23(11)10-15(19(14)24)20(25)22-13-6-7-17(26-2)16(21)9-13/h3-7,9-11H,8H2,1-2H3,(H,22,25). The van der Waals surface area contributed by atoms with Crippen molar-refractivity contribution in [1.82, 2.24) is 4.57 Å². The molecule has 0 saturated heterocycles. The van der Waals surface area contributed by atoms with E-state index in [1.807, 2.05) is 16.7 Å². The molecule has 0 radical (unpaired) electrons. The first-order valence-electron chi connectivity index (χ1n) is 8.31. The number of halogens is 1. The number of amides is 1. The van der Waals surface area contributed by atoms with Crippen molar-refractivity contribution in [3.8, 4) is 5.75 Å². The van der Waals surface area contributed by atoms with Gasteiger partial charge < -0.3 is 14.6 Å². The monoisotopic (exact) mass is 368 g/mol. The molecule has 0 saturated carbocycles. The Hall–Kier alpha value is -2.79. The molecule has 1 atom stereocenters. The molecule has 0 fully saturated rings. The van der Waals surface area contributed by atoms with Crippen molar-refractivity contribution < 1.29 is 9.53 Å². The summed E-state index contributed by atoms with van der Waals surface area (Å²) in [4.78, 5) is 25.6. The Morgan fingerprint density at radius 1 is 1.31 bits per heavy atom. The van der Waals surface area contributed by atoms with Gasteiger partial charge in [-0.05, 0) is 43.2 Å².